The molecule has 0 aliphatic rings. The van der Waals surface area contributed by atoms with Gasteiger partial charge in [0.2, 0.25) is 0 Å². The minimum atomic E-state index is -0.245. The number of hydrogen-bond donors (Lipinski definition) is 3. The molecule has 2 amide bonds. The minimum absolute atomic E-state index is 0.220. The summed E-state index contributed by atoms with van der Waals surface area (Å²) < 4.78 is 5.17. The average Bonchev–Trinajstić information content (AvgIpc) is 3.04. The van der Waals surface area contributed by atoms with E-state index in [0.717, 1.165) is 28.2 Å². The van der Waals surface area contributed by atoms with Crippen LogP contribution in [0.25, 0.3) is 11.0 Å². The molecule has 1 aromatic heterocycles. The maximum atomic E-state index is 12.1. The molecule has 0 bridgehead atoms. The Hall–Kier alpha value is -3.02. The topological polar surface area (TPSA) is 79.0 Å². The maximum Gasteiger partial charge on any atom is 0.315 e. The molecule has 6 nitrogen and oxygen atoms in total. The van der Waals surface area contributed by atoms with E-state index >= 15 is 0 Å². The summed E-state index contributed by atoms with van der Waals surface area (Å²) in [5, 5.41) is 5.72. The number of nitrogens with one attached hydrogen (secondary N) is 3. The lowest BCUT2D eigenvalue weighted by molar-refractivity contribution is 0.237. The van der Waals surface area contributed by atoms with Crippen molar-refractivity contribution in [2.75, 3.05) is 7.11 Å². The first-order valence-corrected chi connectivity index (χ1v) is 7.77. The van der Waals surface area contributed by atoms with Crippen LogP contribution >= 0.6 is 0 Å². The highest BCUT2D eigenvalue weighted by Crippen LogP contribution is 2.15. The van der Waals surface area contributed by atoms with Gasteiger partial charge >= 0.3 is 6.03 Å². The Kier molecular flexibility index (Phi) is 4.65. The van der Waals surface area contributed by atoms with Gasteiger partial charge in [-0.1, -0.05) is 24.3 Å². The number of amides is 2. The number of hydrogen-bond acceptors (Lipinski definition) is 3. The molecular formula is C18H20N4O2. The highest BCUT2D eigenvalue weighted by molar-refractivity contribution is 5.76. The fourth-order valence-electron chi connectivity index (χ4n) is 2.46. The Morgan fingerprint density at radius 1 is 1.25 bits per heavy atom. The Labute approximate surface area is 140 Å². The summed E-state index contributed by atoms with van der Waals surface area (Å²) >= 11 is 0. The van der Waals surface area contributed by atoms with Crippen LogP contribution in [-0.4, -0.2) is 23.1 Å². The van der Waals surface area contributed by atoms with Crippen LogP contribution in [0.1, 0.15) is 24.4 Å². The standard InChI is InChI=1S/C18H20N4O2/c1-12(17-21-15-8-3-4-9-16(15)22-17)20-18(23)19-11-13-6-5-7-14(10-13)24-2/h3-10,12H,11H2,1-2H3,(H,21,22)(H2,19,20,23)/t12-/m0/s1. The molecule has 0 aliphatic carbocycles. The van der Waals surface area contributed by atoms with E-state index in [1.807, 2.05) is 55.5 Å². The van der Waals surface area contributed by atoms with Gasteiger partial charge in [0.25, 0.3) is 0 Å². The number of carbonyl (C=O) groups is 1. The average molecular weight is 324 g/mol. The van der Waals surface area contributed by atoms with Crippen LogP contribution in [0.2, 0.25) is 0 Å². The van der Waals surface area contributed by atoms with Crippen molar-refractivity contribution in [3.8, 4) is 5.75 Å². The van der Waals surface area contributed by atoms with E-state index in [9.17, 15) is 4.79 Å². The number of aromatic nitrogens is 2. The largest absolute Gasteiger partial charge is 0.497 e. The number of fused-ring (bicyclic) bond motifs is 1. The van der Waals surface area contributed by atoms with Gasteiger partial charge in [-0.25, -0.2) is 9.78 Å². The summed E-state index contributed by atoms with van der Waals surface area (Å²) in [6.45, 7) is 2.32. The van der Waals surface area contributed by atoms with Crippen molar-refractivity contribution in [3.05, 3.63) is 59.9 Å². The first-order valence-electron chi connectivity index (χ1n) is 7.77. The normalized spacial score (nSPS) is 11.9. The van der Waals surface area contributed by atoms with E-state index in [0.29, 0.717) is 6.54 Å². The number of aromatic amines is 1. The summed E-state index contributed by atoms with van der Waals surface area (Å²) in [5.74, 6) is 1.50. The number of H-pyrrole nitrogens is 1. The number of methoxy groups -OCH3 is 1. The first kappa shape index (κ1) is 15.9. The molecule has 0 fully saturated rings. The zero-order valence-corrected chi connectivity index (χ0v) is 13.7. The van der Waals surface area contributed by atoms with Gasteiger partial charge in [0, 0.05) is 6.54 Å². The summed E-state index contributed by atoms with van der Waals surface area (Å²) in [7, 11) is 1.62. The van der Waals surface area contributed by atoms with Crippen LogP contribution in [0.3, 0.4) is 0 Å². The third kappa shape index (κ3) is 3.65. The van der Waals surface area contributed by atoms with Crippen molar-refractivity contribution in [3.63, 3.8) is 0 Å². The summed E-state index contributed by atoms with van der Waals surface area (Å²) in [6, 6.07) is 14.9. The van der Waals surface area contributed by atoms with Crippen LogP contribution in [0.5, 0.6) is 5.75 Å². The number of ether oxygens (including phenoxy) is 1. The highest BCUT2D eigenvalue weighted by atomic mass is 16.5. The molecule has 0 saturated carbocycles. The Morgan fingerprint density at radius 2 is 2.08 bits per heavy atom. The SMILES string of the molecule is COc1cccc(CNC(=O)N[C@@H](C)c2nc3ccccc3[nH]2)c1. The van der Waals surface area contributed by atoms with E-state index in [2.05, 4.69) is 20.6 Å². The second kappa shape index (κ2) is 7.04. The second-order valence-corrected chi connectivity index (χ2v) is 5.54. The first-order chi connectivity index (χ1) is 11.7. The van der Waals surface area contributed by atoms with E-state index < -0.39 is 0 Å². The molecule has 3 aromatic rings. The molecule has 24 heavy (non-hydrogen) atoms. The highest BCUT2D eigenvalue weighted by Gasteiger charge is 2.13. The molecule has 1 atom stereocenters. The predicted molar refractivity (Wildman–Crippen MR) is 92.9 cm³/mol. The molecule has 2 aromatic carbocycles. The second-order valence-electron chi connectivity index (χ2n) is 5.54. The van der Waals surface area contributed by atoms with Crippen LogP contribution in [-0.2, 0) is 6.54 Å². The van der Waals surface area contributed by atoms with Gasteiger partial charge in [0.1, 0.15) is 11.6 Å². The Bertz CT molecular complexity index is 811. The van der Waals surface area contributed by atoms with Gasteiger partial charge in [-0.3, -0.25) is 0 Å². The number of urea groups is 1. The van der Waals surface area contributed by atoms with Crippen molar-refractivity contribution in [2.24, 2.45) is 0 Å². The molecule has 0 radical (unpaired) electrons. The summed E-state index contributed by atoms with van der Waals surface area (Å²) in [6.07, 6.45) is 0. The zero-order valence-electron chi connectivity index (χ0n) is 13.7. The lowest BCUT2D eigenvalue weighted by Crippen LogP contribution is -2.36. The molecule has 0 saturated heterocycles. The number of rotatable bonds is 5. The molecule has 6 heteroatoms. The fraction of sp³-hybridized carbons (Fsp3) is 0.222. The van der Waals surface area contributed by atoms with Gasteiger partial charge in [-0.05, 0) is 36.8 Å². The summed E-state index contributed by atoms with van der Waals surface area (Å²) in [4.78, 5) is 19.8. The zero-order chi connectivity index (χ0) is 16.9. The maximum absolute atomic E-state index is 12.1. The Balaban J connectivity index is 1.57. The van der Waals surface area contributed by atoms with E-state index in [4.69, 9.17) is 4.74 Å². The van der Waals surface area contributed by atoms with Crippen LogP contribution in [0.4, 0.5) is 4.79 Å². The smallest absolute Gasteiger partial charge is 0.315 e. The van der Waals surface area contributed by atoms with Gasteiger partial charge in [0.15, 0.2) is 0 Å². The van der Waals surface area contributed by atoms with Crippen molar-refractivity contribution in [2.45, 2.75) is 19.5 Å². The summed E-state index contributed by atoms with van der Waals surface area (Å²) in [5.41, 5.74) is 2.82. The van der Waals surface area contributed by atoms with Gasteiger partial charge in [-0.2, -0.15) is 0 Å². The third-order valence-corrected chi connectivity index (χ3v) is 3.75. The molecule has 124 valence electrons. The number of benzene rings is 2. The van der Waals surface area contributed by atoms with Crippen LogP contribution in [0, 0.1) is 0 Å². The van der Waals surface area contributed by atoms with Crippen LogP contribution in [0.15, 0.2) is 48.5 Å². The van der Waals surface area contributed by atoms with Crippen molar-refractivity contribution in [1.29, 1.82) is 0 Å². The Morgan fingerprint density at radius 3 is 2.88 bits per heavy atom. The quantitative estimate of drug-likeness (QED) is 0.674. The molecule has 3 N–H and O–H groups in total. The number of nitrogens with zero attached hydrogens (tertiary/aromatic N) is 1. The van der Waals surface area contributed by atoms with E-state index in [1.165, 1.54) is 0 Å². The number of carbonyl (C=O) groups excluding carboxylic acids is 1. The minimum Gasteiger partial charge on any atom is -0.497 e. The molecule has 0 unspecified atom stereocenters. The molecule has 3 rings (SSSR count). The third-order valence-electron chi connectivity index (χ3n) is 3.75. The van der Waals surface area contributed by atoms with E-state index in [-0.39, 0.29) is 12.1 Å². The van der Waals surface area contributed by atoms with Gasteiger partial charge in [-0.15, -0.1) is 0 Å². The van der Waals surface area contributed by atoms with Crippen LogP contribution < -0.4 is 15.4 Å². The monoisotopic (exact) mass is 324 g/mol. The fourth-order valence-corrected chi connectivity index (χ4v) is 2.46. The van der Waals surface area contributed by atoms with Crippen molar-refractivity contribution < 1.29 is 9.53 Å². The van der Waals surface area contributed by atoms with E-state index in [1.54, 1.807) is 7.11 Å². The lowest BCUT2D eigenvalue weighted by atomic mass is 10.2. The molecule has 0 spiro atoms. The number of imidazole rings is 1. The lowest BCUT2D eigenvalue weighted by Gasteiger charge is -2.13. The van der Waals surface area contributed by atoms with Gasteiger partial charge in [0.05, 0.1) is 24.2 Å². The van der Waals surface area contributed by atoms with Gasteiger partial charge < -0.3 is 20.4 Å². The molecular weight excluding hydrogens is 304 g/mol. The predicted octanol–water partition coefficient (Wildman–Crippen LogP) is 3.13. The molecule has 1 heterocycles. The molecule has 0 aliphatic heterocycles. The number of para-hydroxylation sites is 2. The van der Waals surface area contributed by atoms with Crippen molar-refractivity contribution in [1.82, 2.24) is 20.6 Å². The van der Waals surface area contributed by atoms with Crippen molar-refractivity contribution >= 4 is 17.1 Å².